The second-order valence-corrected chi connectivity index (χ2v) is 6.42. The Morgan fingerprint density at radius 3 is 2.68 bits per heavy atom. The molecule has 0 heterocycles. The van der Waals surface area contributed by atoms with E-state index in [1.165, 1.54) is 0 Å². The Labute approximate surface area is 160 Å². The highest BCUT2D eigenvalue weighted by Crippen LogP contribution is 2.36. The molecule has 130 valence electrons. The van der Waals surface area contributed by atoms with Crippen LogP contribution in [-0.4, -0.2) is 19.1 Å². The summed E-state index contributed by atoms with van der Waals surface area (Å²) in [6.07, 6.45) is 0.347. The molecule has 0 saturated carbocycles. The van der Waals surface area contributed by atoms with E-state index in [-0.39, 0.29) is 12.5 Å². The Hall–Kier alpha value is -2.23. The first-order valence-electron chi connectivity index (χ1n) is 7.65. The van der Waals surface area contributed by atoms with Crippen LogP contribution in [0, 0.1) is 11.3 Å². The number of halogens is 2. The van der Waals surface area contributed by atoms with Gasteiger partial charge < -0.3 is 15.4 Å². The Morgan fingerprint density at radius 1 is 1.32 bits per heavy atom. The third-order valence-corrected chi connectivity index (χ3v) is 4.06. The minimum Gasteiger partial charge on any atom is -0.491 e. The summed E-state index contributed by atoms with van der Waals surface area (Å²) < 4.78 is 6.30. The quantitative estimate of drug-likeness (QED) is 0.683. The zero-order chi connectivity index (χ0) is 18.2. The van der Waals surface area contributed by atoms with Crippen LogP contribution in [0.25, 0.3) is 0 Å². The highest BCUT2D eigenvalue weighted by molar-refractivity contribution is 9.10. The second kappa shape index (κ2) is 9.30. The van der Waals surface area contributed by atoms with Crippen LogP contribution in [0.1, 0.15) is 12.5 Å². The molecule has 0 aliphatic rings. The normalized spacial score (nSPS) is 10.0. The van der Waals surface area contributed by atoms with Crippen LogP contribution in [0.15, 0.2) is 40.9 Å². The number of benzene rings is 2. The molecule has 0 saturated heterocycles. The SMILES string of the molecule is CCOc1c(Br)cc(Cl)cc1NCC(=O)Nc1ccc(CC#N)cc1. The van der Waals surface area contributed by atoms with Gasteiger partial charge in [-0.2, -0.15) is 5.26 Å². The molecule has 0 atom stereocenters. The van der Waals surface area contributed by atoms with Crippen molar-refractivity contribution in [1.29, 1.82) is 5.26 Å². The van der Waals surface area contributed by atoms with Gasteiger partial charge in [-0.15, -0.1) is 0 Å². The van der Waals surface area contributed by atoms with Crippen molar-refractivity contribution < 1.29 is 9.53 Å². The van der Waals surface area contributed by atoms with E-state index in [1.807, 2.05) is 19.1 Å². The topological polar surface area (TPSA) is 74.2 Å². The van der Waals surface area contributed by atoms with E-state index in [0.717, 1.165) is 10.0 Å². The summed E-state index contributed by atoms with van der Waals surface area (Å²) in [6, 6.07) is 12.7. The molecule has 0 spiro atoms. The smallest absolute Gasteiger partial charge is 0.243 e. The summed E-state index contributed by atoms with van der Waals surface area (Å²) in [5, 5.41) is 15.0. The standard InChI is InChI=1S/C18H17BrClN3O2/c1-2-25-18-15(19)9-13(20)10-16(18)22-11-17(24)23-14-5-3-12(4-6-14)7-8-21/h3-6,9-10,22H,2,7,11H2,1H3,(H,23,24). The van der Waals surface area contributed by atoms with Crippen LogP contribution < -0.4 is 15.4 Å². The summed E-state index contributed by atoms with van der Waals surface area (Å²) in [6.45, 7) is 2.44. The molecule has 2 aromatic rings. The highest BCUT2D eigenvalue weighted by Gasteiger charge is 2.11. The van der Waals surface area contributed by atoms with E-state index in [0.29, 0.717) is 35.2 Å². The van der Waals surface area contributed by atoms with Gasteiger partial charge in [-0.3, -0.25) is 4.79 Å². The average Bonchev–Trinajstić information content (AvgIpc) is 2.58. The Kier molecular flexibility index (Phi) is 7.11. The number of nitrogens with zero attached hydrogens (tertiary/aromatic N) is 1. The van der Waals surface area contributed by atoms with Gasteiger partial charge in [0.25, 0.3) is 0 Å². The molecule has 7 heteroatoms. The summed E-state index contributed by atoms with van der Waals surface area (Å²) in [5.41, 5.74) is 2.22. The first-order chi connectivity index (χ1) is 12.0. The number of nitriles is 1. The van der Waals surface area contributed by atoms with Crippen LogP contribution in [-0.2, 0) is 11.2 Å². The second-order valence-electron chi connectivity index (χ2n) is 5.13. The van der Waals surface area contributed by atoms with E-state index in [4.69, 9.17) is 21.6 Å². The van der Waals surface area contributed by atoms with Crippen LogP contribution >= 0.6 is 27.5 Å². The minimum absolute atomic E-state index is 0.0623. The molecule has 0 radical (unpaired) electrons. The zero-order valence-electron chi connectivity index (χ0n) is 13.6. The largest absolute Gasteiger partial charge is 0.491 e. The number of nitrogens with one attached hydrogen (secondary N) is 2. The molecule has 2 N–H and O–H groups in total. The third kappa shape index (κ3) is 5.66. The lowest BCUT2D eigenvalue weighted by molar-refractivity contribution is -0.114. The first kappa shape index (κ1) is 19.1. The van der Waals surface area contributed by atoms with E-state index in [9.17, 15) is 4.79 Å². The van der Waals surface area contributed by atoms with E-state index in [1.54, 1.807) is 24.3 Å². The van der Waals surface area contributed by atoms with Crippen molar-refractivity contribution in [2.24, 2.45) is 0 Å². The lowest BCUT2D eigenvalue weighted by atomic mass is 10.1. The fraction of sp³-hybridized carbons (Fsp3) is 0.222. The monoisotopic (exact) mass is 421 g/mol. The predicted molar refractivity (Wildman–Crippen MR) is 103 cm³/mol. The lowest BCUT2D eigenvalue weighted by Gasteiger charge is -2.14. The summed E-state index contributed by atoms with van der Waals surface area (Å²) in [5.74, 6) is 0.409. The maximum atomic E-state index is 12.1. The van der Waals surface area contributed by atoms with Gasteiger partial charge in [-0.1, -0.05) is 23.7 Å². The number of carbonyl (C=O) groups excluding carboxylic acids is 1. The molecule has 2 rings (SSSR count). The van der Waals surface area contributed by atoms with E-state index < -0.39 is 0 Å². The predicted octanol–water partition coefficient (Wildman–Crippen LogP) is 4.62. The number of hydrogen-bond donors (Lipinski definition) is 2. The van der Waals surface area contributed by atoms with Gasteiger partial charge in [0.05, 0.1) is 35.8 Å². The molecule has 0 bridgehead atoms. The van der Waals surface area contributed by atoms with E-state index in [2.05, 4.69) is 32.6 Å². The van der Waals surface area contributed by atoms with Gasteiger partial charge in [-0.25, -0.2) is 0 Å². The van der Waals surface area contributed by atoms with E-state index >= 15 is 0 Å². The van der Waals surface area contributed by atoms with Crippen LogP contribution in [0.4, 0.5) is 11.4 Å². The number of anilines is 2. The molecule has 25 heavy (non-hydrogen) atoms. The minimum atomic E-state index is -0.202. The van der Waals surface area contributed by atoms with Crippen molar-refractivity contribution in [3.63, 3.8) is 0 Å². The van der Waals surface area contributed by atoms with Crippen molar-refractivity contribution in [2.75, 3.05) is 23.8 Å². The fourth-order valence-electron chi connectivity index (χ4n) is 2.16. The average molecular weight is 423 g/mol. The first-order valence-corrected chi connectivity index (χ1v) is 8.82. The molecule has 0 aliphatic heterocycles. The Balaban J connectivity index is 1.99. The molecule has 5 nitrogen and oxygen atoms in total. The molecule has 0 aliphatic carbocycles. The van der Waals surface area contributed by atoms with Gasteiger partial charge >= 0.3 is 0 Å². The highest BCUT2D eigenvalue weighted by atomic mass is 79.9. The van der Waals surface area contributed by atoms with Crippen LogP contribution in [0.3, 0.4) is 0 Å². The van der Waals surface area contributed by atoms with Gasteiger partial charge in [0, 0.05) is 10.7 Å². The number of ether oxygens (including phenoxy) is 1. The molecule has 0 unspecified atom stereocenters. The van der Waals surface area contributed by atoms with Gasteiger partial charge in [-0.05, 0) is 52.7 Å². The van der Waals surface area contributed by atoms with Crippen molar-refractivity contribution in [2.45, 2.75) is 13.3 Å². The van der Waals surface area contributed by atoms with Crippen molar-refractivity contribution in [3.05, 3.63) is 51.5 Å². The Morgan fingerprint density at radius 2 is 2.04 bits per heavy atom. The maximum absolute atomic E-state index is 12.1. The fourth-order valence-corrected chi connectivity index (χ4v) is 3.09. The van der Waals surface area contributed by atoms with Gasteiger partial charge in [0.1, 0.15) is 0 Å². The molecule has 0 fully saturated rings. The number of rotatable bonds is 7. The molecular formula is C18H17BrClN3O2. The number of carbonyl (C=O) groups is 1. The maximum Gasteiger partial charge on any atom is 0.243 e. The summed E-state index contributed by atoms with van der Waals surface area (Å²) in [7, 11) is 0. The molecular weight excluding hydrogens is 406 g/mol. The van der Waals surface area contributed by atoms with Crippen molar-refractivity contribution in [1.82, 2.24) is 0 Å². The number of amides is 1. The molecule has 2 aromatic carbocycles. The van der Waals surface area contributed by atoms with Crippen molar-refractivity contribution in [3.8, 4) is 11.8 Å². The van der Waals surface area contributed by atoms with Gasteiger partial charge in [0.15, 0.2) is 5.75 Å². The Bertz CT molecular complexity index is 788. The zero-order valence-corrected chi connectivity index (χ0v) is 15.9. The summed E-state index contributed by atoms with van der Waals surface area (Å²) in [4.78, 5) is 12.1. The van der Waals surface area contributed by atoms with Crippen LogP contribution in [0.5, 0.6) is 5.75 Å². The van der Waals surface area contributed by atoms with Gasteiger partial charge in [0.2, 0.25) is 5.91 Å². The third-order valence-electron chi connectivity index (χ3n) is 3.26. The van der Waals surface area contributed by atoms with Crippen molar-refractivity contribution >= 4 is 44.8 Å². The number of hydrogen-bond acceptors (Lipinski definition) is 4. The summed E-state index contributed by atoms with van der Waals surface area (Å²) >= 11 is 9.47. The molecule has 0 aromatic heterocycles. The van der Waals surface area contributed by atoms with Crippen LogP contribution in [0.2, 0.25) is 5.02 Å². The molecule has 1 amide bonds. The lowest BCUT2D eigenvalue weighted by Crippen LogP contribution is -2.22.